The molecule has 1 heterocycles. The van der Waals surface area contributed by atoms with Crippen molar-refractivity contribution in [1.29, 1.82) is 0 Å². The molecule has 0 saturated heterocycles. The lowest BCUT2D eigenvalue weighted by atomic mass is 10.1. The first-order valence-corrected chi connectivity index (χ1v) is 6.36. The Labute approximate surface area is 123 Å². The summed E-state index contributed by atoms with van der Waals surface area (Å²) in [4.78, 5) is 16.4. The van der Waals surface area contributed by atoms with Gasteiger partial charge in [0.15, 0.2) is 17.5 Å². The molecule has 1 aromatic heterocycles. The SMILES string of the molecule is O=C(Nc1ccc(F)c(F)c1F)c1ccnc2ccccc12. The highest BCUT2D eigenvalue weighted by Gasteiger charge is 2.17. The Balaban J connectivity index is 1.99. The molecule has 0 spiro atoms. The van der Waals surface area contributed by atoms with Gasteiger partial charge in [-0.25, -0.2) is 13.2 Å². The van der Waals surface area contributed by atoms with E-state index in [0.717, 1.165) is 12.1 Å². The van der Waals surface area contributed by atoms with Crippen LogP contribution < -0.4 is 5.32 Å². The molecular formula is C16H9F3N2O. The third-order valence-corrected chi connectivity index (χ3v) is 3.18. The van der Waals surface area contributed by atoms with E-state index in [9.17, 15) is 18.0 Å². The second kappa shape index (κ2) is 5.48. The predicted molar refractivity (Wildman–Crippen MR) is 76.0 cm³/mol. The normalized spacial score (nSPS) is 10.7. The number of nitrogens with one attached hydrogen (secondary N) is 1. The lowest BCUT2D eigenvalue weighted by Crippen LogP contribution is -2.14. The Kier molecular flexibility index (Phi) is 3.50. The van der Waals surface area contributed by atoms with Gasteiger partial charge in [-0.2, -0.15) is 0 Å². The Bertz CT molecular complexity index is 875. The molecule has 3 nitrogen and oxygen atoms in total. The second-order valence-electron chi connectivity index (χ2n) is 4.55. The molecule has 1 amide bonds. The summed E-state index contributed by atoms with van der Waals surface area (Å²) < 4.78 is 39.7. The topological polar surface area (TPSA) is 42.0 Å². The van der Waals surface area contributed by atoms with Gasteiger partial charge in [-0.1, -0.05) is 18.2 Å². The number of fused-ring (bicyclic) bond motifs is 1. The molecule has 0 aliphatic carbocycles. The number of hydrogen-bond acceptors (Lipinski definition) is 2. The maximum atomic E-state index is 13.6. The fraction of sp³-hybridized carbons (Fsp3) is 0. The van der Waals surface area contributed by atoms with Crippen molar-refractivity contribution in [3.63, 3.8) is 0 Å². The van der Waals surface area contributed by atoms with Crippen LogP contribution in [0.3, 0.4) is 0 Å². The van der Waals surface area contributed by atoms with Crippen molar-refractivity contribution in [3.05, 3.63) is 71.7 Å². The molecule has 0 unspecified atom stereocenters. The van der Waals surface area contributed by atoms with Crippen molar-refractivity contribution in [1.82, 2.24) is 4.98 Å². The zero-order valence-corrected chi connectivity index (χ0v) is 11.1. The van der Waals surface area contributed by atoms with Crippen LogP contribution in [-0.2, 0) is 0 Å². The quantitative estimate of drug-likeness (QED) is 0.729. The minimum absolute atomic E-state index is 0.259. The number of benzene rings is 2. The first-order valence-electron chi connectivity index (χ1n) is 6.36. The molecule has 0 bridgehead atoms. The molecule has 22 heavy (non-hydrogen) atoms. The molecule has 3 aromatic rings. The van der Waals surface area contributed by atoms with Crippen molar-refractivity contribution in [2.45, 2.75) is 0 Å². The molecule has 0 radical (unpaired) electrons. The Hall–Kier alpha value is -2.89. The van der Waals surface area contributed by atoms with Gasteiger partial charge in [0.2, 0.25) is 0 Å². The van der Waals surface area contributed by atoms with Gasteiger partial charge >= 0.3 is 0 Å². The van der Waals surface area contributed by atoms with Crippen molar-refractivity contribution in [3.8, 4) is 0 Å². The van der Waals surface area contributed by atoms with Gasteiger partial charge < -0.3 is 5.32 Å². The number of amides is 1. The van der Waals surface area contributed by atoms with Crippen LogP contribution in [0.4, 0.5) is 18.9 Å². The fourth-order valence-corrected chi connectivity index (χ4v) is 2.11. The summed E-state index contributed by atoms with van der Waals surface area (Å²) in [5.41, 5.74) is 0.431. The number of rotatable bonds is 2. The van der Waals surface area contributed by atoms with E-state index in [0.29, 0.717) is 10.9 Å². The maximum Gasteiger partial charge on any atom is 0.256 e. The van der Waals surface area contributed by atoms with E-state index in [4.69, 9.17) is 0 Å². The molecule has 0 saturated carbocycles. The lowest BCUT2D eigenvalue weighted by molar-refractivity contribution is 0.102. The molecule has 6 heteroatoms. The van der Waals surface area contributed by atoms with Crippen LogP contribution in [0.1, 0.15) is 10.4 Å². The third kappa shape index (κ3) is 2.39. The Morgan fingerprint density at radius 1 is 0.955 bits per heavy atom. The highest BCUT2D eigenvalue weighted by atomic mass is 19.2. The first-order chi connectivity index (χ1) is 10.6. The molecule has 1 N–H and O–H groups in total. The highest BCUT2D eigenvalue weighted by molar-refractivity contribution is 6.12. The third-order valence-electron chi connectivity index (χ3n) is 3.18. The molecular weight excluding hydrogens is 293 g/mol. The zero-order chi connectivity index (χ0) is 15.7. The molecule has 110 valence electrons. The summed E-state index contributed by atoms with van der Waals surface area (Å²) in [6.45, 7) is 0. The largest absolute Gasteiger partial charge is 0.319 e. The van der Waals surface area contributed by atoms with Crippen LogP contribution in [0.2, 0.25) is 0 Å². The van der Waals surface area contributed by atoms with E-state index < -0.39 is 29.0 Å². The summed E-state index contributed by atoms with van der Waals surface area (Å²) in [5.74, 6) is -5.02. The number of hydrogen-bond donors (Lipinski definition) is 1. The van der Waals surface area contributed by atoms with Gasteiger partial charge in [0.05, 0.1) is 16.8 Å². The van der Waals surface area contributed by atoms with Gasteiger partial charge in [-0.3, -0.25) is 9.78 Å². The standard InChI is InChI=1S/C16H9F3N2O/c17-11-5-6-13(15(19)14(11)18)21-16(22)10-7-8-20-12-4-2-1-3-9(10)12/h1-8H,(H,21,22). The minimum atomic E-state index is -1.63. The second-order valence-corrected chi connectivity index (χ2v) is 4.55. The Morgan fingerprint density at radius 2 is 1.73 bits per heavy atom. The number of anilines is 1. The molecule has 0 aliphatic heterocycles. The lowest BCUT2D eigenvalue weighted by Gasteiger charge is -2.09. The summed E-state index contributed by atoms with van der Waals surface area (Å²) in [5, 5.41) is 2.81. The van der Waals surface area contributed by atoms with Gasteiger partial charge in [0, 0.05) is 11.6 Å². The molecule has 0 aliphatic rings. The summed E-state index contributed by atoms with van der Waals surface area (Å²) >= 11 is 0. The summed E-state index contributed by atoms with van der Waals surface area (Å²) in [7, 11) is 0. The van der Waals surface area contributed by atoms with Crippen LogP contribution in [0.5, 0.6) is 0 Å². The van der Waals surface area contributed by atoms with Gasteiger partial charge in [0.1, 0.15) is 0 Å². The number of carbonyl (C=O) groups excluding carboxylic acids is 1. The van der Waals surface area contributed by atoms with Crippen LogP contribution in [0, 0.1) is 17.5 Å². The van der Waals surface area contributed by atoms with E-state index in [1.54, 1.807) is 24.3 Å². The van der Waals surface area contributed by atoms with E-state index in [1.807, 2.05) is 0 Å². The van der Waals surface area contributed by atoms with Gasteiger partial charge in [-0.05, 0) is 24.3 Å². The van der Waals surface area contributed by atoms with E-state index >= 15 is 0 Å². The summed E-state index contributed by atoms with van der Waals surface area (Å²) in [6.07, 6.45) is 1.44. The van der Waals surface area contributed by atoms with E-state index in [1.165, 1.54) is 12.3 Å². The minimum Gasteiger partial charge on any atom is -0.319 e. The van der Waals surface area contributed by atoms with Crippen molar-refractivity contribution in [2.75, 3.05) is 5.32 Å². The van der Waals surface area contributed by atoms with Crippen LogP contribution in [0.25, 0.3) is 10.9 Å². The van der Waals surface area contributed by atoms with Gasteiger partial charge in [-0.15, -0.1) is 0 Å². The zero-order valence-electron chi connectivity index (χ0n) is 11.1. The molecule has 3 rings (SSSR count). The molecule has 0 fully saturated rings. The van der Waals surface area contributed by atoms with E-state index in [2.05, 4.69) is 10.3 Å². The molecule has 0 atom stereocenters. The monoisotopic (exact) mass is 302 g/mol. The van der Waals surface area contributed by atoms with Gasteiger partial charge in [0.25, 0.3) is 5.91 Å². The van der Waals surface area contributed by atoms with E-state index in [-0.39, 0.29) is 5.56 Å². The van der Waals surface area contributed by atoms with Crippen LogP contribution >= 0.6 is 0 Å². The highest BCUT2D eigenvalue weighted by Crippen LogP contribution is 2.22. The smallest absolute Gasteiger partial charge is 0.256 e. The number of aromatic nitrogens is 1. The number of pyridine rings is 1. The number of halogens is 3. The number of carbonyl (C=O) groups is 1. The molecule has 2 aromatic carbocycles. The van der Waals surface area contributed by atoms with Crippen LogP contribution in [-0.4, -0.2) is 10.9 Å². The average Bonchev–Trinajstić information content (AvgIpc) is 2.55. The van der Waals surface area contributed by atoms with Crippen molar-refractivity contribution < 1.29 is 18.0 Å². The Morgan fingerprint density at radius 3 is 2.55 bits per heavy atom. The van der Waals surface area contributed by atoms with Crippen molar-refractivity contribution in [2.24, 2.45) is 0 Å². The van der Waals surface area contributed by atoms with Crippen molar-refractivity contribution >= 4 is 22.5 Å². The maximum absolute atomic E-state index is 13.6. The predicted octanol–water partition coefficient (Wildman–Crippen LogP) is 3.90. The number of nitrogens with zero attached hydrogens (tertiary/aromatic N) is 1. The summed E-state index contributed by atoms with van der Waals surface area (Å²) in [6, 6.07) is 10.1. The average molecular weight is 302 g/mol. The van der Waals surface area contributed by atoms with Crippen LogP contribution in [0.15, 0.2) is 48.7 Å². The number of para-hydroxylation sites is 1. The first kappa shape index (κ1) is 14.1. The fourth-order valence-electron chi connectivity index (χ4n) is 2.11.